The zero-order chi connectivity index (χ0) is 17.8. The van der Waals surface area contributed by atoms with E-state index in [0.29, 0.717) is 13.2 Å². The number of aromatic nitrogens is 1. The number of nitrogens with zero attached hydrogens (tertiary/aromatic N) is 2. The van der Waals surface area contributed by atoms with Crippen LogP contribution in [0.15, 0.2) is 35.2 Å². The van der Waals surface area contributed by atoms with E-state index in [1.54, 1.807) is 11.3 Å². The Morgan fingerprint density at radius 2 is 1.96 bits per heavy atom. The van der Waals surface area contributed by atoms with Gasteiger partial charge in [0.1, 0.15) is 0 Å². The number of ether oxygens (including phenoxy) is 2. The Hall–Kier alpha value is -2.00. The molecule has 2 unspecified atom stereocenters. The number of rotatable bonds is 4. The predicted molar refractivity (Wildman–Crippen MR) is 100 cm³/mol. The Balaban J connectivity index is 1.33. The second-order valence-corrected chi connectivity index (χ2v) is 7.13. The second kappa shape index (κ2) is 8.13. The van der Waals surface area contributed by atoms with Crippen molar-refractivity contribution in [2.45, 2.75) is 12.1 Å². The number of hydrogen-bond acceptors (Lipinski definition) is 6. The van der Waals surface area contributed by atoms with E-state index in [4.69, 9.17) is 9.47 Å². The van der Waals surface area contributed by atoms with Gasteiger partial charge in [-0.1, -0.05) is 12.1 Å². The summed E-state index contributed by atoms with van der Waals surface area (Å²) in [5, 5.41) is 7.95. The Morgan fingerprint density at radius 3 is 2.69 bits per heavy atom. The molecule has 2 amide bonds. The van der Waals surface area contributed by atoms with Crippen LogP contribution in [0.25, 0.3) is 11.3 Å². The number of carbonyl (C=O) groups excluding carboxylic acids is 1. The van der Waals surface area contributed by atoms with E-state index in [1.165, 1.54) is 0 Å². The second-order valence-electron chi connectivity index (χ2n) is 6.41. The molecule has 0 bridgehead atoms. The lowest BCUT2D eigenvalue weighted by Gasteiger charge is -2.34. The Kier molecular flexibility index (Phi) is 5.45. The van der Waals surface area contributed by atoms with Crippen LogP contribution in [0.2, 0.25) is 0 Å². The molecule has 2 N–H and O–H groups in total. The monoisotopic (exact) mass is 374 g/mol. The maximum absolute atomic E-state index is 12.4. The fraction of sp³-hybridized carbons (Fsp3) is 0.444. The molecule has 0 spiro atoms. The van der Waals surface area contributed by atoms with Crippen molar-refractivity contribution in [1.29, 1.82) is 0 Å². The van der Waals surface area contributed by atoms with Gasteiger partial charge in [-0.25, -0.2) is 9.78 Å². The van der Waals surface area contributed by atoms with Crippen molar-refractivity contribution in [2.24, 2.45) is 0 Å². The Morgan fingerprint density at radius 1 is 1.15 bits per heavy atom. The van der Waals surface area contributed by atoms with Crippen LogP contribution in [0.3, 0.4) is 0 Å². The fourth-order valence-corrected chi connectivity index (χ4v) is 3.93. The first-order chi connectivity index (χ1) is 12.8. The summed E-state index contributed by atoms with van der Waals surface area (Å²) in [7, 11) is 0. The van der Waals surface area contributed by atoms with Gasteiger partial charge in [0, 0.05) is 29.7 Å². The molecule has 26 heavy (non-hydrogen) atoms. The summed E-state index contributed by atoms with van der Waals surface area (Å²) >= 11 is 1.56. The normalized spacial score (nSPS) is 23.7. The number of carbonyl (C=O) groups is 1. The third kappa shape index (κ3) is 4.04. The number of nitrogens with one attached hydrogen (secondary N) is 2. The van der Waals surface area contributed by atoms with Crippen LogP contribution in [-0.4, -0.2) is 67.5 Å². The van der Waals surface area contributed by atoms with Crippen molar-refractivity contribution in [3.8, 4) is 11.3 Å². The fourth-order valence-electron chi connectivity index (χ4n) is 3.36. The number of hydrogen-bond donors (Lipinski definition) is 2. The van der Waals surface area contributed by atoms with Gasteiger partial charge < -0.3 is 20.1 Å². The Bertz CT molecular complexity index is 717. The van der Waals surface area contributed by atoms with E-state index < -0.39 is 0 Å². The standard InChI is InChI=1S/C18H22N4O3S/c23-18(20-14-3-1-13(2-4-14)16-11-26-12-19-16)21-15-9-25-10-17(15)22-5-7-24-8-6-22/h1-4,11-12,15,17H,5-10H2,(H2,20,21,23). The van der Waals surface area contributed by atoms with E-state index in [1.807, 2.05) is 35.2 Å². The minimum atomic E-state index is -0.208. The molecule has 8 heteroatoms. The molecule has 2 atom stereocenters. The van der Waals surface area contributed by atoms with Crippen LogP contribution in [0.1, 0.15) is 0 Å². The summed E-state index contributed by atoms with van der Waals surface area (Å²) in [5.74, 6) is 0. The summed E-state index contributed by atoms with van der Waals surface area (Å²) in [6, 6.07) is 7.68. The van der Waals surface area contributed by atoms with Crippen molar-refractivity contribution >= 4 is 23.1 Å². The first kappa shape index (κ1) is 17.4. The molecule has 2 aliphatic heterocycles. The maximum Gasteiger partial charge on any atom is 0.319 e. The minimum absolute atomic E-state index is 0.0117. The highest BCUT2D eigenvalue weighted by molar-refractivity contribution is 7.07. The van der Waals surface area contributed by atoms with Gasteiger partial charge in [0.25, 0.3) is 0 Å². The zero-order valence-electron chi connectivity index (χ0n) is 14.4. The molecule has 138 valence electrons. The summed E-state index contributed by atoms with van der Waals surface area (Å²) in [4.78, 5) is 19.0. The van der Waals surface area contributed by atoms with Gasteiger partial charge in [0.2, 0.25) is 0 Å². The van der Waals surface area contributed by atoms with Crippen LogP contribution in [-0.2, 0) is 9.47 Å². The van der Waals surface area contributed by atoms with Crippen LogP contribution < -0.4 is 10.6 Å². The average molecular weight is 374 g/mol. The van der Waals surface area contributed by atoms with Crippen molar-refractivity contribution in [1.82, 2.24) is 15.2 Å². The average Bonchev–Trinajstić information content (AvgIpc) is 3.35. The van der Waals surface area contributed by atoms with Crippen LogP contribution in [0, 0.1) is 0 Å². The molecule has 1 aromatic carbocycles. The van der Waals surface area contributed by atoms with Gasteiger partial charge in [-0.3, -0.25) is 4.90 Å². The van der Waals surface area contributed by atoms with Crippen LogP contribution >= 0.6 is 11.3 Å². The quantitative estimate of drug-likeness (QED) is 0.857. The van der Waals surface area contributed by atoms with Gasteiger partial charge in [-0.05, 0) is 12.1 Å². The predicted octanol–water partition coefficient (Wildman–Crippen LogP) is 2.03. The van der Waals surface area contributed by atoms with E-state index in [2.05, 4.69) is 20.5 Å². The van der Waals surface area contributed by atoms with Gasteiger partial charge in [-0.2, -0.15) is 0 Å². The van der Waals surface area contributed by atoms with Crippen LogP contribution in [0.4, 0.5) is 10.5 Å². The topological polar surface area (TPSA) is 75.7 Å². The zero-order valence-corrected chi connectivity index (χ0v) is 15.2. The van der Waals surface area contributed by atoms with Crippen LogP contribution in [0.5, 0.6) is 0 Å². The molecule has 2 fully saturated rings. The van der Waals surface area contributed by atoms with Crippen molar-refractivity contribution < 1.29 is 14.3 Å². The molecule has 2 aliphatic rings. The van der Waals surface area contributed by atoms with E-state index in [-0.39, 0.29) is 18.1 Å². The molecule has 3 heterocycles. The molecule has 7 nitrogen and oxygen atoms in total. The molecule has 0 radical (unpaired) electrons. The minimum Gasteiger partial charge on any atom is -0.379 e. The molecule has 4 rings (SSSR count). The molecule has 0 saturated carbocycles. The molecular weight excluding hydrogens is 352 g/mol. The van der Waals surface area contributed by atoms with Crippen molar-refractivity contribution in [3.05, 3.63) is 35.2 Å². The molecule has 2 saturated heterocycles. The lowest BCUT2D eigenvalue weighted by atomic mass is 10.1. The third-order valence-electron chi connectivity index (χ3n) is 4.75. The first-order valence-corrected chi connectivity index (χ1v) is 9.69. The number of thiazole rings is 1. The van der Waals surface area contributed by atoms with Crippen molar-refractivity contribution in [3.63, 3.8) is 0 Å². The largest absolute Gasteiger partial charge is 0.379 e. The third-order valence-corrected chi connectivity index (χ3v) is 5.34. The lowest BCUT2D eigenvalue weighted by molar-refractivity contribution is 0.0113. The SMILES string of the molecule is O=C(Nc1ccc(-c2cscn2)cc1)NC1COCC1N1CCOCC1. The highest BCUT2D eigenvalue weighted by Gasteiger charge is 2.34. The Labute approximate surface area is 156 Å². The van der Waals surface area contributed by atoms with E-state index >= 15 is 0 Å². The van der Waals surface area contributed by atoms with Gasteiger partial charge in [0.05, 0.1) is 49.7 Å². The maximum atomic E-state index is 12.4. The number of morpholine rings is 1. The van der Waals surface area contributed by atoms with Crippen molar-refractivity contribution in [2.75, 3.05) is 44.8 Å². The highest BCUT2D eigenvalue weighted by atomic mass is 32.1. The highest BCUT2D eigenvalue weighted by Crippen LogP contribution is 2.21. The number of urea groups is 1. The molecule has 1 aromatic heterocycles. The smallest absolute Gasteiger partial charge is 0.319 e. The summed E-state index contributed by atoms with van der Waals surface area (Å²) in [6.07, 6.45) is 0. The molecular formula is C18H22N4O3S. The van der Waals surface area contributed by atoms with Gasteiger partial charge >= 0.3 is 6.03 Å². The molecule has 0 aliphatic carbocycles. The summed E-state index contributed by atoms with van der Waals surface area (Å²) < 4.78 is 11.0. The summed E-state index contributed by atoms with van der Waals surface area (Å²) in [6.45, 7) is 4.42. The first-order valence-electron chi connectivity index (χ1n) is 8.75. The lowest BCUT2D eigenvalue weighted by Crippen LogP contribution is -2.54. The van der Waals surface area contributed by atoms with Gasteiger partial charge in [-0.15, -0.1) is 11.3 Å². The number of anilines is 1. The number of amides is 2. The summed E-state index contributed by atoms with van der Waals surface area (Å²) in [5.41, 5.74) is 4.54. The van der Waals surface area contributed by atoms with Gasteiger partial charge in [0.15, 0.2) is 0 Å². The van der Waals surface area contributed by atoms with E-state index in [9.17, 15) is 4.79 Å². The number of benzene rings is 1. The van der Waals surface area contributed by atoms with E-state index in [0.717, 1.165) is 43.2 Å². The molecule has 2 aromatic rings.